The summed E-state index contributed by atoms with van der Waals surface area (Å²) in [6.45, 7) is 0. The Bertz CT molecular complexity index is 146. The van der Waals surface area contributed by atoms with E-state index < -0.39 is 18.8 Å². The van der Waals surface area contributed by atoms with Gasteiger partial charge < -0.3 is 9.79 Å². The van der Waals surface area contributed by atoms with Gasteiger partial charge in [-0.3, -0.25) is 4.55 Å². The Morgan fingerprint density at radius 1 is 1.38 bits per heavy atom. The first-order valence-corrected chi connectivity index (χ1v) is 4.03. The number of nitrogens with one attached hydrogen (secondary N) is 1. The van der Waals surface area contributed by atoms with Crippen molar-refractivity contribution in [1.29, 1.82) is 0 Å². The maximum absolute atomic E-state index is 9.58. The molecule has 4 N–H and O–H groups in total. The second kappa shape index (κ2) is 2.67. The Balaban J connectivity index is 3.75. The van der Waals surface area contributed by atoms with E-state index >= 15 is 0 Å². The van der Waals surface area contributed by atoms with Gasteiger partial charge >= 0.3 is 10.3 Å². The highest BCUT2D eigenvalue weighted by molar-refractivity contribution is 7.88. The van der Waals surface area contributed by atoms with Crippen LogP contribution in [0.4, 0.5) is 0 Å². The third kappa shape index (κ3) is 6.22. The molecule has 0 unspecified atom stereocenters. The third-order valence-corrected chi connectivity index (χ3v) is 1.77. The lowest BCUT2D eigenvalue weighted by molar-refractivity contribution is 0.453. The van der Waals surface area contributed by atoms with Crippen molar-refractivity contribution in [3.63, 3.8) is 0 Å². The molecule has 0 radical (unpaired) electrons. The molecule has 0 aromatic rings. The largest absolute Gasteiger partial charge is 0.340 e. The molecule has 6 nitrogen and oxygen atoms in total. The molecule has 0 heterocycles. The molecule has 0 atom stereocenters. The van der Waals surface area contributed by atoms with E-state index in [1.165, 1.54) is 0 Å². The maximum atomic E-state index is 9.58. The monoisotopic (exact) mass is 161 g/mol. The van der Waals surface area contributed by atoms with Crippen molar-refractivity contribution < 1.29 is 22.8 Å². The summed E-state index contributed by atoms with van der Waals surface area (Å²) in [7, 11) is -7.22. The van der Waals surface area contributed by atoms with Crippen LogP contribution in [0, 0.1) is 0 Å². The lowest BCUT2D eigenvalue weighted by Crippen LogP contribution is -2.16. The molecule has 0 aliphatic carbocycles. The van der Waals surface area contributed by atoms with Crippen LogP contribution in [0.5, 0.6) is 0 Å². The van der Waals surface area contributed by atoms with E-state index in [-0.39, 0.29) is 0 Å². The minimum absolute atomic E-state index is 1.09. The van der Waals surface area contributed by atoms with Gasteiger partial charge in [0, 0.05) is 0 Å². The summed E-state index contributed by atoms with van der Waals surface area (Å²) in [5, 5.41) is 0. The summed E-state index contributed by atoms with van der Waals surface area (Å²) in [5.41, 5.74) is 0. The Kier molecular flexibility index (Phi) is 2.75. The topological polar surface area (TPSA) is 107 Å². The van der Waals surface area contributed by atoms with Gasteiger partial charge in [0.15, 0.2) is 0 Å². The fraction of sp³-hybridized carbons (Fsp3) is 0. The average Bonchev–Trinajstić information content (AvgIpc) is 1.21. The smallest absolute Gasteiger partial charge is 0.337 e. The van der Waals surface area contributed by atoms with Crippen molar-refractivity contribution in [2.45, 2.75) is 0 Å². The fourth-order valence-corrected chi connectivity index (χ4v) is 0.929. The Hall–Kier alpha value is 0.220. The van der Waals surface area contributed by atoms with Gasteiger partial charge in [-0.05, 0) is 0 Å². The summed E-state index contributed by atoms with van der Waals surface area (Å²) in [6, 6.07) is 0. The molecule has 8 heavy (non-hydrogen) atoms. The number of hydrogen-bond donors (Lipinski definition) is 4. The zero-order chi connectivity index (χ0) is 6.78. The highest BCUT2D eigenvalue weighted by Crippen LogP contribution is 2.15. The molecule has 0 bridgehead atoms. The summed E-state index contributed by atoms with van der Waals surface area (Å²) < 4.78 is 28.0. The molecule has 0 aromatic heterocycles. The minimum atomic E-state index is -4.44. The van der Waals surface area contributed by atoms with Gasteiger partial charge in [0.05, 0.1) is 0 Å². The number of rotatable bonds is 2. The van der Waals surface area contributed by atoms with E-state index in [0.29, 0.717) is 0 Å². The van der Waals surface area contributed by atoms with Crippen LogP contribution >= 0.6 is 8.53 Å². The van der Waals surface area contributed by atoms with Gasteiger partial charge in [0.2, 0.25) is 0 Å². The van der Waals surface area contributed by atoms with Crippen LogP contribution in [-0.4, -0.2) is 22.8 Å². The molecular weight excluding hydrogens is 157 g/mol. The average molecular weight is 161 g/mol. The molecule has 0 saturated heterocycles. The first kappa shape index (κ1) is 8.22. The maximum Gasteiger partial charge on any atom is 0.340 e. The minimum Gasteiger partial charge on any atom is -0.337 e. The molecule has 0 aromatic carbocycles. The number of hydrogen-bond acceptors (Lipinski definition) is 4. The van der Waals surface area contributed by atoms with E-state index in [4.69, 9.17) is 14.3 Å². The van der Waals surface area contributed by atoms with Gasteiger partial charge in [-0.2, -0.15) is 8.42 Å². The van der Waals surface area contributed by atoms with Crippen LogP contribution in [0.2, 0.25) is 0 Å². The second-order valence-corrected chi connectivity index (χ2v) is 3.12. The molecule has 8 heteroatoms. The van der Waals surface area contributed by atoms with Gasteiger partial charge in [-0.15, -0.1) is 4.49 Å². The van der Waals surface area contributed by atoms with Crippen LogP contribution in [-0.2, 0) is 10.3 Å². The fourth-order valence-electron chi connectivity index (χ4n) is 0.103. The standard InChI is InChI=1S/H4NO5PS/c2-7(3)1-8(4,5)6/h1-3H,(H,4,5,6). The van der Waals surface area contributed by atoms with Gasteiger partial charge in [-0.25, -0.2) is 0 Å². The van der Waals surface area contributed by atoms with E-state index in [2.05, 4.69) is 0 Å². The molecule has 0 amide bonds. The quantitative estimate of drug-likeness (QED) is 0.294. The van der Waals surface area contributed by atoms with Crippen molar-refractivity contribution in [3.05, 3.63) is 0 Å². The first-order valence-electron chi connectivity index (χ1n) is 1.34. The molecule has 0 fully saturated rings. The van der Waals surface area contributed by atoms with Crippen LogP contribution in [0.3, 0.4) is 0 Å². The first-order chi connectivity index (χ1) is 3.42. The second-order valence-electron chi connectivity index (χ2n) is 0.856. The molecule has 0 rings (SSSR count). The van der Waals surface area contributed by atoms with E-state index in [1.807, 2.05) is 0 Å². The van der Waals surface area contributed by atoms with Crippen molar-refractivity contribution >= 4 is 18.8 Å². The highest BCUT2D eigenvalue weighted by atomic mass is 32.2. The summed E-state index contributed by atoms with van der Waals surface area (Å²) in [4.78, 5) is 15.7. The van der Waals surface area contributed by atoms with Crippen molar-refractivity contribution in [2.24, 2.45) is 0 Å². The van der Waals surface area contributed by atoms with Crippen LogP contribution in [0.1, 0.15) is 0 Å². The predicted octanol–water partition coefficient (Wildman–Crippen LogP) is -1.41. The predicted molar refractivity (Wildman–Crippen MR) is 26.0 cm³/mol. The molecule has 50 valence electrons. The summed E-state index contributed by atoms with van der Waals surface area (Å²) in [5.74, 6) is 0. The SMILES string of the molecule is O=S(=O)(O)NP(O)O. The third-order valence-electron chi connectivity index (χ3n) is 0.197. The van der Waals surface area contributed by atoms with E-state index in [9.17, 15) is 8.42 Å². The Labute approximate surface area is 47.0 Å². The normalized spacial score (nSPS) is 12.5. The Morgan fingerprint density at radius 3 is 1.75 bits per heavy atom. The van der Waals surface area contributed by atoms with Gasteiger partial charge in [-0.1, -0.05) is 0 Å². The lowest BCUT2D eigenvalue weighted by Gasteiger charge is -1.97. The van der Waals surface area contributed by atoms with Crippen LogP contribution < -0.4 is 4.49 Å². The summed E-state index contributed by atoms with van der Waals surface area (Å²) in [6.07, 6.45) is 0. The van der Waals surface area contributed by atoms with Crippen molar-refractivity contribution in [3.8, 4) is 0 Å². The molecule has 0 aliphatic rings. The molecule has 0 spiro atoms. The van der Waals surface area contributed by atoms with Crippen molar-refractivity contribution in [2.75, 3.05) is 0 Å². The molecular formula is H4NO5PS. The van der Waals surface area contributed by atoms with Gasteiger partial charge in [0.1, 0.15) is 0 Å². The zero-order valence-electron chi connectivity index (χ0n) is 3.51. The van der Waals surface area contributed by atoms with E-state index in [0.717, 1.165) is 4.49 Å². The van der Waals surface area contributed by atoms with Crippen LogP contribution in [0.25, 0.3) is 0 Å². The molecule has 0 aliphatic heterocycles. The zero-order valence-corrected chi connectivity index (χ0v) is 5.22. The van der Waals surface area contributed by atoms with Crippen LogP contribution in [0.15, 0.2) is 0 Å². The van der Waals surface area contributed by atoms with E-state index in [1.54, 1.807) is 0 Å². The van der Waals surface area contributed by atoms with Gasteiger partial charge in [0.25, 0.3) is 8.53 Å². The summed E-state index contributed by atoms with van der Waals surface area (Å²) >= 11 is 0. The highest BCUT2D eigenvalue weighted by Gasteiger charge is 2.07. The molecule has 0 saturated carbocycles. The Morgan fingerprint density at radius 2 is 1.75 bits per heavy atom. The lowest BCUT2D eigenvalue weighted by atomic mass is 13.9. The van der Waals surface area contributed by atoms with Crippen molar-refractivity contribution in [1.82, 2.24) is 4.49 Å².